The molecule has 0 N–H and O–H groups in total. The Balaban J connectivity index is 1.55. The van der Waals surface area contributed by atoms with Crippen molar-refractivity contribution in [3.63, 3.8) is 0 Å². The van der Waals surface area contributed by atoms with Gasteiger partial charge in [0.2, 0.25) is 0 Å². The van der Waals surface area contributed by atoms with Gasteiger partial charge in [-0.05, 0) is 35.4 Å². The zero-order valence-electron chi connectivity index (χ0n) is 15.1. The summed E-state index contributed by atoms with van der Waals surface area (Å²) in [5, 5.41) is 1.74. The molecule has 28 heavy (non-hydrogen) atoms. The number of aliphatic imine (C=N–C) groups is 1. The van der Waals surface area contributed by atoms with Gasteiger partial charge in [0.1, 0.15) is 5.82 Å². The van der Waals surface area contributed by atoms with E-state index in [0.29, 0.717) is 0 Å². The first-order chi connectivity index (χ1) is 13.8. The number of hydrogen-bond donors (Lipinski definition) is 0. The van der Waals surface area contributed by atoms with Gasteiger partial charge in [-0.2, -0.15) is 0 Å². The minimum Gasteiger partial charge on any atom is -0.275 e. The predicted molar refractivity (Wildman–Crippen MR) is 118 cm³/mol. The van der Waals surface area contributed by atoms with E-state index in [0.717, 1.165) is 39.2 Å². The molecular weight excluding hydrogens is 386 g/mol. The van der Waals surface area contributed by atoms with E-state index in [1.54, 1.807) is 11.8 Å². The third-order valence-corrected chi connectivity index (χ3v) is 6.21. The van der Waals surface area contributed by atoms with E-state index in [1.165, 1.54) is 11.1 Å². The van der Waals surface area contributed by atoms with Gasteiger partial charge < -0.3 is 0 Å². The Hall–Kier alpha value is -2.56. The average molecular weight is 404 g/mol. The standard InChI is InChI=1S/C23H18ClN3S/c24-18-12-10-17(11-13-18)20-14-22-25-19-8-4-5-9-21(19)27(22)23(26-20)28-15-16-6-2-1-3-7-16/h1-13,20H,14-15H2. The maximum Gasteiger partial charge on any atom is 0.170 e. The summed E-state index contributed by atoms with van der Waals surface area (Å²) in [7, 11) is 0. The molecule has 1 aromatic heterocycles. The summed E-state index contributed by atoms with van der Waals surface area (Å²) < 4.78 is 2.22. The van der Waals surface area contributed by atoms with Gasteiger partial charge >= 0.3 is 0 Å². The van der Waals surface area contributed by atoms with E-state index < -0.39 is 0 Å². The van der Waals surface area contributed by atoms with E-state index in [1.807, 2.05) is 24.3 Å². The fourth-order valence-electron chi connectivity index (χ4n) is 3.54. The van der Waals surface area contributed by atoms with Crippen molar-refractivity contribution < 1.29 is 0 Å². The molecule has 3 nitrogen and oxygen atoms in total. The van der Waals surface area contributed by atoms with Crippen LogP contribution in [-0.2, 0) is 12.2 Å². The van der Waals surface area contributed by atoms with Gasteiger partial charge in [-0.3, -0.25) is 9.56 Å². The summed E-state index contributed by atoms with van der Waals surface area (Å²) in [6.07, 6.45) is 0.783. The van der Waals surface area contributed by atoms with Crippen LogP contribution < -0.4 is 0 Å². The Morgan fingerprint density at radius 2 is 1.68 bits per heavy atom. The van der Waals surface area contributed by atoms with E-state index >= 15 is 0 Å². The molecule has 0 bridgehead atoms. The molecule has 1 atom stereocenters. The van der Waals surface area contributed by atoms with Crippen molar-refractivity contribution in [3.05, 3.63) is 101 Å². The lowest BCUT2D eigenvalue weighted by molar-refractivity contribution is 0.664. The Morgan fingerprint density at radius 1 is 0.929 bits per heavy atom. The molecule has 0 saturated heterocycles. The van der Waals surface area contributed by atoms with Crippen LogP contribution in [0.3, 0.4) is 0 Å². The maximum absolute atomic E-state index is 6.07. The van der Waals surface area contributed by atoms with Crippen molar-refractivity contribution in [2.75, 3.05) is 0 Å². The first-order valence-corrected chi connectivity index (χ1v) is 10.6. The van der Waals surface area contributed by atoms with Crippen molar-refractivity contribution in [2.45, 2.75) is 18.2 Å². The second kappa shape index (κ2) is 7.46. The van der Waals surface area contributed by atoms with Gasteiger partial charge in [-0.1, -0.05) is 78.0 Å². The van der Waals surface area contributed by atoms with Gasteiger partial charge in [0.25, 0.3) is 0 Å². The molecule has 4 aromatic rings. The van der Waals surface area contributed by atoms with Crippen molar-refractivity contribution in [1.82, 2.24) is 9.55 Å². The summed E-state index contributed by atoms with van der Waals surface area (Å²) in [5.41, 5.74) is 4.59. The van der Waals surface area contributed by atoms with Crippen LogP contribution in [0.1, 0.15) is 23.0 Å². The van der Waals surface area contributed by atoms with Crippen molar-refractivity contribution in [3.8, 4) is 0 Å². The van der Waals surface area contributed by atoms with Crippen LogP contribution in [0, 0.1) is 0 Å². The molecule has 0 amide bonds. The van der Waals surface area contributed by atoms with E-state index in [-0.39, 0.29) is 6.04 Å². The normalized spacial score (nSPS) is 16.0. The molecule has 2 heterocycles. The Bertz CT molecular complexity index is 1150. The van der Waals surface area contributed by atoms with Gasteiger partial charge in [0.05, 0.1) is 17.1 Å². The molecule has 1 unspecified atom stereocenters. The lowest BCUT2D eigenvalue weighted by Gasteiger charge is -2.23. The summed E-state index contributed by atoms with van der Waals surface area (Å²) in [6.45, 7) is 0. The lowest BCUT2D eigenvalue weighted by atomic mass is 10.0. The van der Waals surface area contributed by atoms with Crippen LogP contribution in [0.4, 0.5) is 0 Å². The number of nitrogens with zero attached hydrogens (tertiary/aromatic N) is 3. The number of imidazole rings is 1. The van der Waals surface area contributed by atoms with Gasteiger partial charge in [0, 0.05) is 17.2 Å². The highest BCUT2D eigenvalue weighted by molar-refractivity contribution is 8.13. The topological polar surface area (TPSA) is 30.2 Å². The van der Waals surface area contributed by atoms with Crippen LogP contribution in [-0.4, -0.2) is 14.7 Å². The number of rotatable bonds is 3. The third-order valence-electron chi connectivity index (χ3n) is 4.93. The fraction of sp³-hybridized carbons (Fsp3) is 0.130. The summed E-state index contributed by atoms with van der Waals surface area (Å²) >= 11 is 7.84. The fourth-order valence-corrected chi connectivity index (χ4v) is 4.69. The van der Waals surface area contributed by atoms with E-state index in [2.05, 4.69) is 59.2 Å². The zero-order chi connectivity index (χ0) is 18.9. The number of aromatic nitrogens is 2. The molecule has 0 aliphatic carbocycles. The Kier molecular flexibility index (Phi) is 4.67. The summed E-state index contributed by atoms with van der Waals surface area (Å²) in [4.78, 5) is 10.0. The monoisotopic (exact) mass is 403 g/mol. The second-order valence-electron chi connectivity index (χ2n) is 6.81. The number of thioether (sulfide) groups is 1. The summed E-state index contributed by atoms with van der Waals surface area (Å²) in [6, 6.07) is 26.8. The highest BCUT2D eigenvalue weighted by Gasteiger charge is 2.25. The third kappa shape index (κ3) is 3.34. The highest BCUT2D eigenvalue weighted by atomic mass is 35.5. The molecule has 5 rings (SSSR count). The number of para-hydroxylation sites is 2. The van der Waals surface area contributed by atoms with Gasteiger partial charge in [0.15, 0.2) is 5.17 Å². The van der Waals surface area contributed by atoms with Gasteiger partial charge in [-0.25, -0.2) is 4.98 Å². The SMILES string of the molecule is Clc1ccc(C2Cc3nc4ccccc4n3C(SCc3ccccc3)=N2)cc1. The first kappa shape index (κ1) is 17.5. The minimum absolute atomic E-state index is 0.0554. The van der Waals surface area contributed by atoms with Gasteiger partial charge in [-0.15, -0.1) is 0 Å². The first-order valence-electron chi connectivity index (χ1n) is 9.25. The quantitative estimate of drug-likeness (QED) is 0.412. The smallest absolute Gasteiger partial charge is 0.170 e. The van der Waals surface area contributed by atoms with Crippen LogP contribution in [0.2, 0.25) is 5.02 Å². The molecule has 1 aliphatic heterocycles. The molecule has 0 radical (unpaired) electrons. The van der Waals surface area contributed by atoms with E-state index in [4.69, 9.17) is 21.6 Å². The zero-order valence-corrected chi connectivity index (χ0v) is 16.7. The molecule has 5 heteroatoms. The Labute approximate surface area is 173 Å². The molecule has 0 spiro atoms. The molecule has 3 aromatic carbocycles. The van der Waals surface area contributed by atoms with Crippen LogP contribution in [0.5, 0.6) is 0 Å². The number of fused-ring (bicyclic) bond motifs is 3. The molecule has 1 aliphatic rings. The minimum atomic E-state index is 0.0554. The van der Waals surface area contributed by atoms with Crippen LogP contribution in [0.15, 0.2) is 83.9 Å². The molecule has 138 valence electrons. The number of benzene rings is 3. The highest BCUT2D eigenvalue weighted by Crippen LogP contribution is 2.33. The largest absolute Gasteiger partial charge is 0.275 e. The van der Waals surface area contributed by atoms with Crippen molar-refractivity contribution in [2.24, 2.45) is 4.99 Å². The van der Waals surface area contributed by atoms with E-state index in [9.17, 15) is 0 Å². The average Bonchev–Trinajstić information content (AvgIpc) is 3.12. The Morgan fingerprint density at radius 3 is 2.50 bits per heavy atom. The molecule has 0 fully saturated rings. The predicted octanol–water partition coefficient (Wildman–Crippen LogP) is 6.12. The van der Waals surface area contributed by atoms with Crippen LogP contribution in [0.25, 0.3) is 11.0 Å². The van der Waals surface area contributed by atoms with Crippen LogP contribution >= 0.6 is 23.4 Å². The maximum atomic E-state index is 6.07. The lowest BCUT2D eigenvalue weighted by Crippen LogP contribution is -2.21. The number of hydrogen-bond acceptors (Lipinski definition) is 3. The molecule has 0 saturated carbocycles. The van der Waals surface area contributed by atoms with Crippen molar-refractivity contribution >= 4 is 39.6 Å². The molecular formula is C23H18ClN3S. The second-order valence-corrected chi connectivity index (χ2v) is 8.19. The number of halogens is 1. The summed E-state index contributed by atoms with van der Waals surface area (Å²) in [5.74, 6) is 1.94. The van der Waals surface area contributed by atoms with Crippen molar-refractivity contribution in [1.29, 1.82) is 0 Å².